The topological polar surface area (TPSA) is 69.4 Å². The maximum Gasteiger partial charge on any atom is 0.336 e. The first-order valence-electron chi connectivity index (χ1n) is 7.26. The number of nitro benzene ring substituents is 1. The second-order valence-corrected chi connectivity index (χ2v) is 5.05. The third-order valence-electron chi connectivity index (χ3n) is 3.49. The average Bonchev–Trinajstić information content (AvgIpc) is 2.60. The predicted octanol–water partition coefficient (Wildman–Crippen LogP) is 4.37. The lowest BCUT2D eigenvalue weighted by molar-refractivity contribution is -0.385. The van der Waals surface area contributed by atoms with Crippen molar-refractivity contribution in [3.63, 3.8) is 0 Å². The molecule has 0 aromatic heterocycles. The number of benzene rings is 3. The first-order valence-corrected chi connectivity index (χ1v) is 7.26. The molecule has 0 saturated heterocycles. The molecule has 0 bridgehead atoms. The third-order valence-corrected chi connectivity index (χ3v) is 3.49. The summed E-state index contributed by atoms with van der Waals surface area (Å²) in [5.74, 6) is -0.743. The largest absolute Gasteiger partial charge is 0.416 e. The number of hydrogen-bond donors (Lipinski definition) is 0. The number of carbonyl (C=O) groups is 1. The minimum atomic E-state index is -0.669. The van der Waals surface area contributed by atoms with Gasteiger partial charge in [0.2, 0.25) is 5.75 Å². The van der Waals surface area contributed by atoms with Crippen LogP contribution in [0, 0.1) is 10.1 Å². The van der Waals surface area contributed by atoms with Gasteiger partial charge < -0.3 is 4.74 Å². The van der Waals surface area contributed by atoms with E-state index in [9.17, 15) is 14.9 Å². The molecule has 0 aliphatic rings. The molecule has 0 saturated carbocycles. The summed E-state index contributed by atoms with van der Waals surface area (Å²) in [7, 11) is 0. The molecule has 0 radical (unpaired) electrons. The monoisotopic (exact) mass is 319 g/mol. The molecule has 0 heterocycles. The molecule has 0 atom stereocenters. The number of nitrogens with zero attached hydrogens (tertiary/aromatic N) is 1. The van der Waals surface area contributed by atoms with Crippen molar-refractivity contribution >= 4 is 28.5 Å². The number of rotatable bonds is 4. The third kappa shape index (κ3) is 3.30. The standard InChI is InChI=1S/C19H13NO4/c21-19(24-18-11-4-3-10-17(18)20(22)23)13-12-15-8-5-7-14-6-1-2-9-16(14)15/h1-13H. The predicted molar refractivity (Wildman–Crippen MR) is 91.7 cm³/mol. The van der Waals surface area contributed by atoms with Crippen LogP contribution in [0.2, 0.25) is 0 Å². The zero-order valence-electron chi connectivity index (χ0n) is 12.6. The Morgan fingerprint density at radius 1 is 0.958 bits per heavy atom. The number of carbonyl (C=O) groups excluding carboxylic acids is 1. The normalized spacial score (nSPS) is 10.8. The van der Waals surface area contributed by atoms with E-state index in [2.05, 4.69) is 0 Å². The lowest BCUT2D eigenvalue weighted by atomic mass is 10.0. The van der Waals surface area contributed by atoms with Crippen LogP contribution in [0.1, 0.15) is 5.56 Å². The van der Waals surface area contributed by atoms with Crippen LogP contribution in [0.15, 0.2) is 72.8 Å². The highest BCUT2D eigenvalue weighted by Gasteiger charge is 2.15. The van der Waals surface area contributed by atoms with E-state index < -0.39 is 10.9 Å². The van der Waals surface area contributed by atoms with Gasteiger partial charge in [0.1, 0.15) is 0 Å². The van der Waals surface area contributed by atoms with Gasteiger partial charge in [0.25, 0.3) is 0 Å². The van der Waals surface area contributed by atoms with Crippen LogP contribution in [-0.4, -0.2) is 10.9 Å². The first-order chi connectivity index (χ1) is 11.6. The molecule has 0 aliphatic carbocycles. The fourth-order valence-electron chi connectivity index (χ4n) is 2.39. The lowest BCUT2D eigenvalue weighted by Crippen LogP contribution is -2.05. The van der Waals surface area contributed by atoms with Crippen LogP contribution in [-0.2, 0) is 4.79 Å². The van der Waals surface area contributed by atoms with E-state index in [1.807, 2.05) is 42.5 Å². The van der Waals surface area contributed by atoms with Crippen molar-refractivity contribution in [2.24, 2.45) is 0 Å². The maximum atomic E-state index is 12.0. The lowest BCUT2D eigenvalue weighted by Gasteiger charge is -2.03. The average molecular weight is 319 g/mol. The summed E-state index contributed by atoms with van der Waals surface area (Å²) >= 11 is 0. The van der Waals surface area contributed by atoms with E-state index in [0.29, 0.717) is 0 Å². The van der Waals surface area contributed by atoms with Crippen LogP contribution < -0.4 is 4.74 Å². The van der Waals surface area contributed by atoms with Gasteiger partial charge in [-0.3, -0.25) is 10.1 Å². The first kappa shape index (κ1) is 15.4. The molecule has 0 spiro atoms. The molecule has 0 N–H and O–H groups in total. The molecule has 118 valence electrons. The molecular weight excluding hydrogens is 306 g/mol. The molecule has 0 aliphatic heterocycles. The van der Waals surface area contributed by atoms with Crippen LogP contribution in [0.4, 0.5) is 5.69 Å². The van der Waals surface area contributed by atoms with E-state index in [4.69, 9.17) is 4.74 Å². The highest BCUT2D eigenvalue weighted by molar-refractivity contribution is 5.95. The Morgan fingerprint density at radius 2 is 1.67 bits per heavy atom. The van der Waals surface area contributed by atoms with E-state index >= 15 is 0 Å². The number of para-hydroxylation sites is 2. The Bertz CT molecular complexity index is 942. The molecule has 3 aromatic carbocycles. The summed E-state index contributed by atoms with van der Waals surface area (Å²) in [4.78, 5) is 22.3. The number of nitro groups is 1. The van der Waals surface area contributed by atoms with Gasteiger partial charge in [0.05, 0.1) is 4.92 Å². The smallest absolute Gasteiger partial charge is 0.336 e. The van der Waals surface area contributed by atoms with Gasteiger partial charge >= 0.3 is 11.7 Å². The molecule has 0 fully saturated rings. The van der Waals surface area contributed by atoms with Crippen molar-refractivity contribution in [1.82, 2.24) is 0 Å². The van der Waals surface area contributed by atoms with Crippen molar-refractivity contribution in [1.29, 1.82) is 0 Å². The van der Waals surface area contributed by atoms with Gasteiger partial charge in [-0.05, 0) is 28.5 Å². The summed E-state index contributed by atoms with van der Waals surface area (Å²) in [5.41, 5.74) is 0.622. The van der Waals surface area contributed by atoms with E-state index in [-0.39, 0.29) is 11.4 Å². The van der Waals surface area contributed by atoms with E-state index in [1.54, 1.807) is 12.1 Å². The zero-order chi connectivity index (χ0) is 16.9. The highest BCUT2D eigenvalue weighted by atomic mass is 16.6. The number of fused-ring (bicyclic) bond motifs is 1. The summed E-state index contributed by atoms with van der Waals surface area (Å²) in [6.45, 7) is 0. The SMILES string of the molecule is O=C(C=Cc1cccc2ccccc12)Oc1ccccc1[N+](=O)[O-]. The maximum absolute atomic E-state index is 12.0. The Hall–Kier alpha value is -3.47. The van der Waals surface area contributed by atoms with Gasteiger partial charge in [0, 0.05) is 12.1 Å². The minimum Gasteiger partial charge on any atom is -0.416 e. The molecule has 5 heteroatoms. The van der Waals surface area contributed by atoms with E-state index in [0.717, 1.165) is 16.3 Å². The minimum absolute atomic E-state index is 0.0740. The quantitative estimate of drug-likeness (QED) is 0.235. The van der Waals surface area contributed by atoms with Crippen LogP contribution >= 0.6 is 0 Å². The Morgan fingerprint density at radius 3 is 2.50 bits per heavy atom. The second-order valence-electron chi connectivity index (χ2n) is 5.05. The Balaban J connectivity index is 1.82. The van der Waals surface area contributed by atoms with Gasteiger partial charge in [0.15, 0.2) is 0 Å². The fourth-order valence-corrected chi connectivity index (χ4v) is 2.39. The Kier molecular flexibility index (Phi) is 4.34. The molecule has 5 nitrogen and oxygen atoms in total. The number of esters is 1. The summed E-state index contributed by atoms with van der Waals surface area (Å²) in [6.07, 6.45) is 2.90. The molecule has 3 rings (SSSR count). The summed E-state index contributed by atoms with van der Waals surface area (Å²) in [6, 6.07) is 19.3. The van der Waals surface area contributed by atoms with Crippen LogP contribution in [0.5, 0.6) is 5.75 Å². The highest BCUT2D eigenvalue weighted by Crippen LogP contribution is 2.26. The van der Waals surface area contributed by atoms with Crippen molar-refractivity contribution < 1.29 is 14.5 Å². The zero-order valence-corrected chi connectivity index (χ0v) is 12.6. The second kappa shape index (κ2) is 6.75. The van der Waals surface area contributed by atoms with Gasteiger partial charge in [-0.2, -0.15) is 0 Å². The molecule has 24 heavy (non-hydrogen) atoms. The fraction of sp³-hybridized carbons (Fsp3) is 0. The van der Waals surface area contributed by atoms with Gasteiger partial charge in [-0.1, -0.05) is 54.6 Å². The summed E-state index contributed by atoms with van der Waals surface area (Å²) < 4.78 is 5.07. The summed E-state index contributed by atoms with van der Waals surface area (Å²) in [5, 5.41) is 13.0. The van der Waals surface area contributed by atoms with Crippen molar-refractivity contribution in [2.75, 3.05) is 0 Å². The van der Waals surface area contributed by atoms with Crippen LogP contribution in [0.25, 0.3) is 16.8 Å². The van der Waals surface area contributed by atoms with Crippen molar-refractivity contribution in [3.8, 4) is 5.75 Å². The number of hydrogen-bond acceptors (Lipinski definition) is 4. The van der Waals surface area contributed by atoms with Crippen molar-refractivity contribution in [3.05, 3.63) is 88.5 Å². The molecule has 0 unspecified atom stereocenters. The van der Waals surface area contributed by atoms with E-state index in [1.165, 1.54) is 24.3 Å². The van der Waals surface area contributed by atoms with Gasteiger partial charge in [-0.15, -0.1) is 0 Å². The molecular formula is C19H13NO4. The molecule has 3 aromatic rings. The Labute approximate surface area is 138 Å². The van der Waals surface area contributed by atoms with Crippen LogP contribution in [0.3, 0.4) is 0 Å². The van der Waals surface area contributed by atoms with Crippen molar-refractivity contribution in [2.45, 2.75) is 0 Å². The number of ether oxygens (including phenoxy) is 1. The van der Waals surface area contributed by atoms with Gasteiger partial charge in [-0.25, -0.2) is 4.79 Å². The molecule has 0 amide bonds.